The predicted octanol–water partition coefficient (Wildman–Crippen LogP) is 3.38. The Morgan fingerprint density at radius 1 is 0.879 bits per heavy atom. The number of hydrogen-bond acceptors (Lipinski definition) is 7. The zero-order chi connectivity index (χ0) is 23.1. The van der Waals surface area contributed by atoms with Gasteiger partial charge in [0, 0.05) is 12.6 Å². The normalized spacial score (nSPS) is 10.6. The summed E-state index contributed by atoms with van der Waals surface area (Å²) in [6, 6.07) is 9.38. The van der Waals surface area contributed by atoms with E-state index in [1.807, 2.05) is 25.1 Å². The summed E-state index contributed by atoms with van der Waals surface area (Å²) in [5, 5.41) is 3.96. The highest BCUT2D eigenvalue weighted by Gasteiger charge is 2.13. The molecule has 0 radical (unpaired) electrons. The summed E-state index contributed by atoms with van der Waals surface area (Å²) >= 11 is 0. The van der Waals surface area contributed by atoms with E-state index in [1.54, 1.807) is 45.1 Å². The molecule has 180 valence electrons. The molecule has 0 spiro atoms. The Labute approximate surface area is 200 Å². The van der Waals surface area contributed by atoms with Gasteiger partial charge in [-0.2, -0.15) is 0 Å². The minimum Gasteiger partial charge on any atom is -0.493 e. The molecule has 0 unspecified atom stereocenters. The van der Waals surface area contributed by atoms with Crippen molar-refractivity contribution in [3.05, 3.63) is 52.1 Å². The molecule has 1 aromatic heterocycles. The lowest BCUT2D eigenvalue weighted by atomic mass is 10.1. The van der Waals surface area contributed by atoms with Gasteiger partial charge in [0.2, 0.25) is 0 Å². The Hall–Kier alpha value is -2.97. The average Bonchev–Trinajstić information content (AvgIpc) is 2.81. The van der Waals surface area contributed by atoms with E-state index >= 15 is 0 Å². The fraction of sp³-hybridized carbons (Fsp3) is 0.417. The molecule has 0 fully saturated rings. The number of hydrogen-bond donors (Lipinski definition) is 1. The standard InChI is InChI=1S/C24H31N3O5.ClH/c1-16-26-19-15-23(32-5)22(31-4)14-18(19)24(28)27(16)12-6-10-25-11-9-17-7-8-20(29-2)21(13-17)30-3;/h7-8,13-15,25H,6,9-12H2,1-5H3;1H. The SMILES string of the molecule is COc1ccc(CCNCCCn2c(C)nc3cc(OC)c(OC)cc3c2=O)cc1OC.Cl. The molecule has 3 rings (SSSR count). The van der Waals surface area contributed by atoms with Crippen LogP contribution in [0.3, 0.4) is 0 Å². The van der Waals surface area contributed by atoms with Gasteiger partial charge >= 0.3 is 0 Å². The van der Waals surface area contributed by atoms with Crippen LogP contribution in [0, 0.1) is 6.92 Å². The van der Waals surface area contributed by atoms with Crippen LogP contribution in [0.1, 0.15) is 17.8 Å². The smallest absolute Gasteiger partial charge is 0.261 e. The summed E-state index contributed by atoms with van der Waals surface area (Å²) in [7, 11) is 6.38. The fourth-order valence-electron chi connectivity index (χ4n) is 3.68. The molecule has 8 nitrogen and oxygen atoms in total. The van der Waals surface area contributed by atoms with Crippen molar-refractivity contribution < 1.29 is 18.9 Å². The number of methoxy groups -OCH3 is 4. The number of nitrogens with one attached hydrogen (secondary N) is 1. The molecule has 0 atom stereocenters. The van der Waals surface area contributed by atoms with Crippen LogP contribution >= 0.6 is 12.4 Å². The summed E-state index contributed by atoms with van der Waals surface area (Å²) in [6.45, 7) is 4.06. The Balaban J connectivity index is 0.00000385. The monoisotopic (exact) mass is 477 g/mol. The Kier molecular flexibility index (Phi) is 9.81. The van der Waals surface area contributed by atoms with E-state index in [1.165, 1.54) is 5.56 Å². The number of aryl methyl sites for hydroxylation is 1. The van der Waals surface area contributed by atoms with Gasteiger partial charge in [-0.3, -0.25) is 9.36 Å². The second-order valence-electron chi connectivity index (χ2n) is 7.38. The first-order valence-electron chi connectivity index (χ1n) is 10.6. The Morgan fingerprint density at radius 3 is 2.18 bits per heavy atom. The number of aromatic nitrogens is 2. The van der Waals surface area contributed by atoms with Gasteiger partial charge in [-0.15, -0.1) is 12.4 Å². The summed E-state index contributed by atoms with van der Waals surface area (Å²) in [4.78, 5) is 17.6. The number of ether oxygens (including phenoxy) is 4. The lowest BCUT2D eigenvalue weighted by Crippen LogP contribution is -2.26. The van der Waals surface area contributed by atoms with Crippen molar-refractivity contribution in [3.8, 4) is 23.0 Å². The van der Waals surface area contributed by atoms with Crippen LogP contribution in [-0.2, 0) is 13.0 Å². The Morgan fingerprint density at radius 2 is 1.52 bits per heavy atom. The van der Waals surface area contributed by atoms with Gasteiger partial charge in [-0.1, -0.05) is 6.07 Å². The summed E-state index contributed by atoms with van der Waals surface area (Å²) < 4.78 is 23.0. The van der Waals surface area contributed by atoms with E-state index in [9.17, 15) is 4.79 Å². The lowest BCUT2D eigenvalue weighted by molar-refractivity contribution is 0.354. The van der Waals surface area contributed by atoms with Crippen LogP contribution in [0.4, 0.5) is 0 Å². The van der Waals surface area contributed by atoms with E-state index in [-0.39, 0.29) is 18.0 Å². The third-order valence-corrected chi connectivity index (χ3v) is 5.42. The van der Waals surface area contributed by atoms with Crippen molar-refractivity contribution in [3.63, 3.8) is 0 Å². The van der Waals surface area contributed by atoms with Crippen molar-refractivity contribution >= 4 is 23.3 Å². The number of fused-ring (bicyclic) bond motifs is 1. The minimum atomic E-state index is -0.0706. The van der Waals surface area contributed by atoms with Gasteiger partial charge in [0.05, 0.1) is 39.3 Å². The van der Waals surface area contributed by atoms with Crippen LogP contribution in [0.2, 0.25) is 0 Å². The van der Waals surface area contributed by atoms with Crippen LogP contribution in [0.25, 0.3) is 10.9 Å². The van der Waals surface area contributed by atoms with E-state index in [0.717, 1.165) is 37.4 Å². The molecule has 0 saturated carbocycles. The van der Waals surface area contributed by atoms with Gasteiger partial charge in [-0.05, 0) is 56.6 Å². The van der Waals surface area contributed by atoms with Crippen molar-refractivity contribution in [2.24, 2.45) is 0 Å². The largest absolute Gasteiger partial charge is 0.493 e. The highest BCUT2D eigenvalue weighted by Crippen LogP contribution is 2.30. The second kappa shape index (κ2) is 12.3. The number of nitrogens with zero attached hydrogens (tertiary/aromatic N) is 2. The van der Waals surface area contributed by atoms with Crippen molar-refractivity contribution in [1.82, 2.24) is 14.9 Å². The lowest BCUT2D eigenvalue weighted by Gasteiger charge is -2.13. The third kappa shape index (κ3) is 6.09. The molecule has 0 aliphatic carbocycles. The van der Waals surface area contributed by atoms with Gasteiger partial charge in [-0.25, -0.2) is 4.98 Å². The first-order valence-corrected chi connectivity index (χ1v) is 10.6. The van der Waals surface area contributed by atoms with Gasteiger partial charge in [0.15, 0.2) is 23.0 Å². The number of halogens is 1. The molecule has 9 heteroatoms. The molecule has 1 N–H and O–H groups in total. The topological polar surface area (TPSA) is 83.8 Å². The highest BCUT2D eigenvalue weighted by atomic mass is 35.5. The van der Waals surface area contributed by atoms with E-state index in [0.29, 0.717) is 34.8 Å². The quantitative estimate of drug-likeness (QED) is 0.424. The molecule has 33 heavy (non-hydrogen) atoms. The predicted molar refractivity (Wildman–Crippen MR) is 132 cm³/mol. The molecule has 0 bridgehead atoms. The zero-order valence-electron chi connectivity index (χ0n) is 19.8. The molecule has 3 aromatic rings. The maximum Gasteiger partial charge on any atom is 0.261 e. The molecule has 0 aliphatic rings. The van der Waals surface area contributed by atoms with Gasteiger partial charge in [0.1, 0.15) is 5.82 Å². The molecule has 0 amide bonds. The van der Waals surface area contributed by atoms with E-state index < -0.39 is 0 Å². The number of benzene rings is 2. The molecule has 0 aliphatic heterocycles. The first kappa shape index (κ1) is 26.3. The molecular formula is C24H32ClN3O5. The van der Waals surface area contributed by atoms with Crippen molar-refractivity contribution in [2.75, 3.05) is 41.5 Å². The number of rotatable bonds is 11. The van der Waals surface area contributed by atoms with Crippen molar-refractivity contribution in [2.45, 2.75) is 26.3 Å². The summed E-state index contributed by atoms with van der Waals surface area (Å²) in [6.07, 6.45) is 1.69. The third-order valence-electron chi connectivity index (χ3n) is 5.42. The van der Waals surface area contributed by atoms with Gasteiger partial charge < -0.3 is 24.3 Å². The molecule has 0 saturated heterocycles. The maximum absolute atomic E-state index is 13.0. The summed E-state index contributed by atoms with van der Waals surface area (Å²) in [5.74, 6) is 3.22. The molecule has 1 heterocycles. The second-order valence-corrected chi connectivity index (χ2v) is 7.38. The summed E-state index contributed by atoms with van der Waals surface area (Å²) in [5.41, 5.74) is 1.71. The molecular weight excluding hydrogens is 446 g/mol. The Bertz CT molecular complexity index is 1130. The van der Waals surface area contributed by atoms with Crippen LogP contribution in [-0.4, -0.2) is 51.1 Å². The maximum atomic E-state index is 13.0. The van der Waals surface area contributed by atoms with Crippen LogP contribution < -0.4 is 29.8 Å². The minimum absolute atomic E-state index is 0. The van der Waals surface area contributed by atoms with E-state index in [4.69, 9.17) is 18.9 Å². The van der Waals surface area contributed by atoms with Gasteiger partial charge in [0.25, 0.3) is 5.56 Å². The van der Waals surface area contributed by atoms with E-state index in [2.05, 4.69) is 10.3 Å². The molecule has 2 aromatic carbocycles. The van der Waals surface area contributed by atoms with Crippen molar-refractivity contribution in [1.29, 1.82) is 0 Å². The zero-order valence-corrected chi connectivity index (χ0v) is 20.6. The highest BCUT2D eigenvalue weighted by molar-refractivity contribution is 5.85. The fourth-order valence-corrected chi connectivity index (χ4v) is 3.68. The average molecular weight is 478 g/mol. The van der Waals surface area contributed by atoms with Crippen LogP contribution in [0.5, 0.6) is 23.0 Å². The first-order chi connectivity index (χ1) is 15.5. The van der Waals surface area contributed by atoms with Crippen LogP contribution in [0.15, 0.2) is 35.1 Å².